The summed E-state index contributed by atoms with van der Waals surface area (Å²) < 4.78 is 0. The first-order chi connectivity index (χ1) is 9.40. The highest BCUT2D eigenvalue weighted by Gasteiger charge is 2.25. The molecule has 1 N–H and O–H groups in total. The van der Waals surface area contributed by atoms with E-state index in [-0.39, 0.29) is 5.54 Å². The average molecular weight is 295 g/mol. The molecule has 3 heteroatoms. The minimum atomic E-state index is 0.131. The molecule has 20 heavy (non-hydrogen) atoms. The van der Waals surface area contributed by atoms with E-state index < -0.39 is 0 Å². The fourth-order valence-electron chi connectivity index (χ4n) is 2.89. The Bertz CT molecular complexity index is 451. The van der Waals surface area contributed by atoms with Crippen LogP contribution in [-0.2, 0) is 6.54 Å². The number of nitrogens with zero attached hydrogens (tertiary/aromatic N) is 1. The smallest absolute Gasteiger partial charge is 0.0429 e. The molecular weight excluding hydrogens is 268 g/mol. The minimum absolute atomic E-state index is 0.131. The Morgan fingerprint density at radius 3 is 2.75 bits per heavy atom. The molecule has 1 fully saturated rings. The standard InChI is InChI=1S/C17H27ClN2/c1-5-15-7-6-10-20(15)16-11-14(18)9-8-13(16)12-19-17(2,3)4/h8-9,11,15,19H,5-7,10,12H2,1-4H3. The quantitative estimate of drug-likeness (QED) is 0.872. The van der Waals surface area contributed by atoms with E-state index >= 15 is 0 Å². The number of anilines is 1. The molecule has 0 spiro atoms. The Kier molecular flexibility index (Phi) is 4.98. The summed E-state index contributed by atoms with van der Waals surface area (Å²) in [7, 11) is 0. The van der Waals surface area contributed by atoms with Crippen molar-refractivity contribution in [3.8, 4) is 0 Å². The highest BCUT2D eigenvalue weighted by atomic mass is 35.5. The molecule has 1 aliphatic heterocycles. The zero-order valence-corrected chi connectivity index (χ0v) is 13.9. The van der Waals surface area contributed by atoms with Crippen LogP contribution in [0.15, 0.2) is 18.2 Å². The van der Waals surface area contributed by atoms with Gasteiger partial charge in [-0.3, -0.25) is 0 Å². The maximum Gasteiger partial charge on any atom is 0.0429 e. The second-order valence-electron chi connectivity index (χ2n) is 6.77. The van der Waals surface area contributed by atoms with Gasteiger partial charge in [0.1, 0.15) is 0 Å². The predicted molar refractivity (Wildman–Crippen MR) is 88.7 cm³/mol. The molecule has 2 nitrogen and oxygen atoms in total. The predicted octanol–water partition coefficient (Wildman–Crippen LogP) is 4.61. The number of halogens is 1. The fraction of sp³-hybridized carbons (Fsp3) is 0.647. The Morgan fingerprint density at radius 2 is 2.10 bits per heavy atom. The van der Waals surface area contributed by atoms with Crippen molar-refractivity contribution < 1.29 is 0 Å². The van der Waals surface area contributed by atoms with Crippen LogP contribution in [0.25, 0.3) is 0 Å². The highest BCUT2D eigenvalue weighted by molar-refractivity contribution is 6.30. The van der Waals surface area contributed by atoms with E-state index in [1.54, 1.807) is 0 Å². The molecular formula is C17H27ClN2. The van der Waals surface area contributed by atoms with Crippen LogP contribution in [-0.4, -0.2) is 18.1 Å². The molecule has 1 atom stereocenters. The van der Waals surface area contributed by atoms with E-state index in [0.717, 1.165) is 18.1 Å². The van der Waals surface area contributed by atoms with Crippen molar-refractivity contribution in [2.24, 2.45) is 0 Å². The van der Waals surface area contributed by atoms with E-state index in [1.807, 2.05) is 6.07 Å². The molecule has 1 unspecified atom stereocenters. The fourth-order valence-corrected chi connectivity index (χ4v) is 3.06. The minimum Gasteiger partial charge on any atom is -0.368 e. The maximum atomic E-state index is 6.23. The van der Waals surface area contributed by atoms with E-state index in [1.165, 1.54) is 30.5 Å². The largest absolute Gasteiger partial charge is 0.368 e. The maximum absolute atomic E-state index is 6.23. The summed E-state index contributed by atoms with van der Waals surface area (Å²) in [5.74, 6) is 0. The summed E-state index contributed by atoms with van der Waals surface area (Å²) in [6, 6.07) is 6.97. The average Bonchev–Trinajstić information content (AvgIpc) is 2.84. The molecule has 0 radical (unpaired) electrons. The van der Waals surface area contributed by atoms with Crippen LogP contribution in [0.3, 0.4) is 0 Å². The Morgan fingerprint density at radius 1 is 1.35 bits per heavy atom. The van der Waals surface area contributed by atoms with Gasteiger partial charge in [-0.25, -0.2) is 0 Å². The summed E-state index contributed by atoms with van der Waals surface area (Å²) in [5, 5.41) is 4.42. The molecule has 0 aromatic heterocycles. The van der Waals surface area contributed by atoms with Gasteiger partial charge < -0.3 is 10.2 Å². The summed E-state index contributed by atoms with van der Waals surface area (Å²) in [5.41, 5.74) is 2.80. The van der Waals surface area contributed by atoms with Crippen molar-refractivity contribution in [3.63, 3.8) is 0 Å². The summed E-state index contributed by atoms with van der Waals surface area (Å²) in [4.78, 5) is 2.55. The van der Waals surface area contributed by atoms with Crippen LogP contribution in [0.2, 0.25) is 5.02 Å². The van der Waals surface area contributed by atoms with Gasteiger partial charge >= 0.3 is 0 Å². The topological polar surface area (TPSA) is 15.3 Å². The molecule has 1 aromatic carbocycles. The van der Waals surface area contributed by atoms with Crippen molar-refractivity contribution in [2.45, 2.75) is 65.1 Å². The molecule has 0 aliphatic carbocycles. The summed E-state index contributed by atoms with van der Waals surface area (Å²) >= 11 is 6.23. The third-order valence-corrected chi connectivity index (χ3v) is 4.25. The molecule has 1 heterocycles. The summed E-state index contributed by atoms with van der Waals surface area (Å²) in [6.45, 7) is 10.9. The number of hydrogen-bond donors (Lipinski definition) is 1. The van der Waals surface area contributed by atoms with Crippen molar-refractivity contribution in [1.82, 2.24) is 5.32 Å². The normalized spacial score (nSPS) is 19.6. The third kappa shape index (κ3) is 3.89. The second-order valence-corrected chi connectivity index (χ2v) is 7.21. The third-order valence-electron chi connectivity index (χ3n) is 4.01. The number of nitrogens with one attached hydrogen (secondary N) is 1. The van der Waals surface area contributed by atoms with Crippen LogP contribution in [0.1, 0.15) is 52.5 Å². The van der Waals surface area contributed by atoms with Crippen LogP contribution >= 0.6 is 11.6 Å². The second kappa shape index (κ2) is 6.36. The first kappa shape index (κ1) is 15.7. The lowest BCUT2D eigenvalue weighted by Gasteiger charge is -2.30. The van der Waals surface area contributed by atoms with Crippen molar-refractivity contribution in [1.29, 1.82) is 0 Å². The lowest BCUT2D eigenvalue weighted by molar-refractivity contribution is 0.424. The van der Waals surface area contributed by atoms with Crippen LogP contribution in [0.4, 0.5) is 5.69 Å². The van der Waals surface area contributed by atoms with Crippen molar-refractivity contribution >= 4 is 17.3 Å². The first-order valence-electron chi connectivity index (χ1n) is 7.71. The molecule has 1 aliphatic rings. The Balaban J connectivity index is 2.24. The van der Waals surface area contributed by atoms with Crippen LogP contribution in [0, 0.1) is 0 Å². The lowest BCUT2D eigenvalue weighted by Crippen LogP contribution is -2.36. The van der Waals surface area contributed by atoms with Crippen LogP contribution < -0.4 is 10.2 Å². The van der Waals surface area contributed by atoms with Gasteiger partial charge in [-0.1, -0.05) is 24.6 Å². The highest BCUT2D eigenvalue weighted by Crippen LogP contribution is 2.32. The van der Waals surface area contributed by atoms with E-state index in [9.17, 15) is 0 Å². The van der Waals surface area contributed by atoms with Gasteiger partial charge in [-0.2, -0.15) is 0 Å². The lowest BCUT2D eigenvalue weighted by atomic mass is 10.1. The van der Waals surface area contributed by atoms with Gasteiger partial charge in [0.05, 0.1) is 0 Å². The molecule has 112 valence electrons. The monoisotopic (exact) mass is 294 g/mol. The van der Waals surface area contributed by atoms with E-state index in [2.05, 4.69) is 50.0 Å². The number of hydrogen-bond acceptors (Lipinski definition) is 2. The zero-order valence-electron chi connectivity index (χ0n) is 13.2. The van der Waals surface area contributed by atoms with Crippen molar-refractivity contribution in [3.05, 3.63) is 28.8 Å². The zero-order chi connectivity index (χ0) is 14.8. The van der Waals surface area contributed by atoms with Gasteiger partial charge in [-0.05, 0) is 57.7 Å². The van der Waals surface area contributed by atoms with E-state index in [4.69, 9.17) is 11.6 Å². The van der Waals surface area contributed by atoms with Crippen molar-refractivity contribution in [2.75, 3.05) is 11.4 Å². The number of rotatable bonds is 4. The Labute approximate surface area is 128 Å². The van der Waals surface area contributed by atoms with Gasteiger partial charge in [0, 0.05) is 35.4 Å². The first-order valence-corrected chi connectivity index (χ1v) is 8.08. The number of benzene rings is 1. The summed E-state index contributed by atoms with van der Waals surface area (Å²) in [6.07, 6.45) is 3.80. The Hall–Kier alpha value is -0.730. The molecule has 0 saturated carbocycles. The van der Waals surface area contributed by atoms with Crippen LogP contribution in [0.5, 0.6) is 0 Å². The SMILES string of the molecule is CCC1CCCN1c1cc(Cl)ccc1CNC(C)(C)C. The molecule has 0 bridgehead atoms. The van der Waals surface area contributed by atoms with Gasteiger partial charge in [0.2, 0.25) is 0 Å². The molecule has 0 amide bonds. The van der Waals surface area contributed by atoms with Gasteiger partial charge in [-0.15, -0.1) is 0 Å². The molecule has 1 aromatic rings. The molecule has 1 saturated heterocycles. The molecule has 2 rings (SSSR count). The van der Waals surface area contributed by atoms with Gasteiger partial charge in [0.25, 0.3) is 0 Å². The van der Waals surface area contributed by atoms with Gasteiger partial charge in [0.15, 0.2) is 0 Å². The van der Waals surface area contributed by atoms with E-state index in [0.29, 0.717) is 6.04 Å².